The molecular weight excluding hydrogens is 448 g/mol. The quantitative estimate of drug-likeness (QED) is 0.432. The monoisotopic (exact) mass is 464 g/mol. The molecule has 0 spiro atoms. The van der Waals surface area contributed by atoms with Crippen LogP contribution >= 0.6 is 11.6 Å². The standard InChI is InChI=1S/C23H17ClN4O5/c1-14(29)27-23(33-22(26-27)15-8-10-20(11-9-15)28(31)32)17-5-3-7-19(13-17)25-21(30)16-4-2-6-18(24)12-16/h2-13,23H,1H3,(H,25,30)/t23-/m1/s1. The molecule has 0 radical (unpaired) electrons. The Hall–Kier alpha value is -4.24. The Morgan fingerprint density at radius 3 is 2.48 bits per heavy atom. The van der Waals surface area contributed by atoms with Gasteiger partial charge in [0.1, 0.15) is 0 Å². The van der Waals surface area contributed by atoms with Crippen molar-refractivity contribution in [3.63, 3.8) is 0 Å². The van der Waals surface area contributed by atoms with E-state index in [2.05, 4.69) is 10.4 Å². The number of benzene rings is 3. The molecule has 33 heavy (non-hydrogen) atoms. The summed E-state index contributed by atoms with van der Waals surface area (Å²) in [4.78, 5) is 35.1. The Balaban J connectivity index is 1.56. The van der Waals surface area contributed by atoms with Crippen LogP contribution < -0.4 is 5.32 Å². The van der Waals surface area contributed by atoms with Crippen LogP contribution in [0.5, 0.6) is 0 Å². The van der Waals surface area contributed by atoms with Crippen molar-refractivity contribution in [3.05, 3.63) is 105 Å². The number of nitro groups is 1. The molecule has 0 saturated carbocycles. The van der Waals surface area contributed by atoms with E-state index in [0.29, 0.717) is 27.4 Å². The first-order valence-electron chi connectivity index (χ1n) is 9.78. The Morgan fingerprint density at radius 2 is 1.82 bits per heavy atom. The van der Waals surface area contributed by atoms with Gasteiger partial charge in [0.15, 0.2) is 0 Å². The van der Waals surface area contributed by atoms with Gasteiger partial charge in [0, 0.05) is 46.5 Å². The van der Waals surface area contributed by atoms with Crippen molar-refractivity contribution in [3.8, 4) is 0 Å². The zero-order valence-electron chi connectivity index (χ0n) is 17.3. The lowest BCUT2D eigenvalue weighted by atomic mass is 10.1. The predicted molar refractivity (Wildman–Crippen MR) is 122 cm³/mol. The minimum atomic E-state index is -0.865. The molecule has 1 atom stereocenters. The Labute approximate surface area is 193 Å². The van der Waals surface area contributed by atoms with Crippen molar-refractivity contribution < 1.29 is 19.2 Å². The largest absolute Gasteiger partial charge is 0.446 e. The number of hydrazone groups is 1. The smallest absolute Gasteiger partial charge is 0.269 e. The number of hydrogen-bond acceptors (Lipinski definition) is 6. The fourth-order valence-electron chi connectivity index (χ4n) is 3.23. The molecule has 3 aromatic rings. The van der Waals surface area contributed by atoms with Gasteiger partial charge in [-0.15, -0.1) is 5.10 Å². The maximum absolute atomic E-state index is 12.5. The second-order valence-electron chi connectivity index (χ2n) is 7.13. The molecular formula is C23H17ClN4O5. The van der Waals surface area contributed by atoms with Crippen LogP contribution in [0.1, 0.15) is 34.6 Å². The lowest BCUT2D eigenvalue weighted by Crippen LogP contribution is -2.25. The van der Waals surface area contributed by atoms with Gasteiger partial charge in [-0.2, -0.15) is 5.01 Å². The van der Waals surface area contributed by atoms with Gasteiger partial charge in [-0.05, 0) is 42.5 Å². The number of carbonyl (C=O) groups excluding carboxylic acids is 2. The van der Waals surface area contributed by atoms with Gasteiger partial charge in [-0.1, -0.05) is 29.8 Å². The molecule has 0 aromatic heterocycles. The lowest BCUT2D eigenvalue weighted by molar-refractivity contribution is -0.384. The maximum atomic E-state index is 12.5. The third-order valence-corrected chi connectivity index (χ3v) is 5.04. The number of amides is 2. The fourth-order valence-corrected chi connectivity index (χ4v) is 3.42. The van der Waals surface area contributed by atoms with E-state index in [-0.39, 0.29) is 23.4 Å². The highest BCUT2D eigenvalue weighted by Gasteiger charge is 2.33. The highest BCUT2D eigenvalue weighted by Crippen LogP contribution is 2.32. The minimum Gasteiger partial charge on any atom is -0.446 e. The molecule has 0 saturated heterocycles. The molecule has 1 aliphatic rings. The first kappa shape index (κ1) is 22.0. The Bertz CT molecular complexity index is 1280. The summed E-state index contributed by atoms with van der Waals surface area (Å²) < 4.78 is 5.92. The topological polar surface area (TPSA) is 114 Å². The molecule has 1 aliphatic heterocycles. The van der Waals surface area contributed by atoms with Gasteiger partial charge in [0.25, 0.3) is 11.6 Å². The summed E-state index contributed by atoms with van der Waals surface area (Å²) in [5, 5.41) is 19.5. The summed E-state index contributed by atoms with van der Waals surface area (Å²) in [5.41, 5.74) is 1.89. The lowest BCUT2D eigenvalue weighted by Gasteiger charge is -2.20. The molecule has 1 heterocycles. The summed E-state index contributed by atoms with van der Waals surface area (Å²) in [7, 11) is 0. The van der Waals surface area contributed by atoms with E-state index in [1.807, 2.05) is 0 Å². The van der Waals surface area contributed by atoms with Crippen LogP contribution in [0.15, 0.2) is 77.9 Å². The van der Waals surface area contributed by atoms with E-state index < -0.39 is 11.2 Å². The fraction of sp³-hybridized carbons (Fsp3) is 0.0870. The summed E-state index contributed by atoms with van der Waals surface area (Å²) in [6.45, 7) is 1.35. The molecule has 4 rings (SSSR count). The molecule has 9 nitrogen and oxygen atoms in total. The van der Waals surface area contributed by atoms with Crippen LogP contribution in [-0.4, -0.2) is 27.6 Å². The van der Waals surface area contributed by atoms with Crippen molar-refractivity contribution in [2.24, 2.45) is 5.10 Å². The number of nitrogens with zero attached hydrogens (tertiary/aromatic N) is 3. The minimum absolute atomic E-state index is 0.0690. The average molecular weight is 465 g/mol. The SMILES string of the molecule is CC(=O)N1N=C(c2ccc([N+](=O)[O-])cc2)O[C@@H]1c1cccc(NC(=O)c2cccc(Cl)c2)c1. The van der Waals surface area contributed by atoms with Gasteiger partial charge >= 0.3 is 0 Å². The Kier molecular flexibility index (Phi) is 6.05. The molecule has 10 heteroatoms. The molecule has 2 amide bonds. The van der Waals surface area contributed by atoms with Crippen LogP contribution in [0.25, 0.3) is 0 Å². The molecule has 0 unspecified atom stereocenters. The van der Waals surface area contributed by atoms with Crippen molar-refractivity contribution in [1.29, 1.82) is 0 Å². The van der Waals surface area contributed by atoms with Crippen LogP contribution in [0.2, 0.25) is 5.02 Å². The number of carbonyl (C=O) groups is 2. The zero-order chi connectivity index (χ0) is 23.5. The van der Waals surface area contributed by atoms with E-state index in [0.717, 1.165) is 0 Å². The van der Waals surface area contributed by atoms with Gasteiger partial charge in [-0.3, -0.25) is 19.7 Å². The van der Waals surface area contributed by atoms with Crippen LogP contribution in [0.4, 0.5) is 11.4 Å². The van der Waals surface area contributed by atoms with E-state index in [1.165, 1.54) is 36.2 Å². The normalized spacial score (nSPS) is 14.9. The number of anilines is 1. The molecule has 0 fully saturated rings. The second kappa shape index (κ2) is 9.09. The van der Waals surface area contributed by atoms with Crippen molar-refractivity contribution in [1.82, 2.24) is 5.01 Å². The summed E-state index contributed by atoms with van der Waals surface area (Å²) in [6, 6.07) is 19.1. The first-order valence-corrected chi connectivity index (χ1v) is 10.2. The number of non-ortho nitro benzene ring substituents is 1. The van der Waals surface area contributed by atoms with Crippen molar-refractivity contribution in [2.45, 2.75) is 13.2 Å². The number of rotatable bonds is 5. The van der Waals surface area contributed by atoms with Crippen LogP contribution in [0.3, 0.4) is 0 Å². The second-order valence-corrected chi connectivity index (χ2v) is 7.57. The molecule has 3 aromatic carbocycles. The van der Waals surface area contributed by atoms with Crippen LogP contribution in [-0.2, 0) is 9.53 Å². The van der Waals surface area contributed by atoms with Crippen molar-refractivity contribution >= 4 is 40.7 Å². The number of hydrogen-bond donors (Lipinski definition) is 1. The number of nitro benzene ring substituents is 1. The Morgan fingerprint density at radius 1 is 1.09 bits per heavy atom. The number of nitrogens with one attached hydrogen (secondary N) is 1. The predicted octanol–water partition coefficient (Wildman–Crippen LogP) is 4.74. The van der Waals surface area contributed by atoms with Crippen LogP contribution in [0, 0.1) is 10.1 Å². The van der Waals surface area contributed by atoms with E-state index in [9.17, 15) is 19.7 Å². The number of halogens is 1. The zero-order valence-corrected chi connectivity index (χ0v) is 18.0. The molecule has 0 bridgehead atoms. The first-order chi connectivity index (χ1) is 15.8. The maximum Gasteiger partial charge on any atom is 0.269 e. The van der Waals surface area contributed by atoms with Gasteiger partial charge in [-0.25, -0.2) is 0 Å². The average Bonchev–Trinajstić information content (AvgIpc) is 3.25. The summed E-state index contributed by atoms with van der Waals surface area (Å²) in [6.07, 6.45) is -0.865. The number of ether oxygens (including phenoxy) is 1. The molecule has 1 N–H and O–H groups in total. The van der Waals surface area contributed by atoms with E-state index in [1.54, 1.807) is 48.5 Å². The van der Waals surface area contributed by atoms with Gasteiger partial charge in [0.05, 0.1) is 4.92 Å². The third kappa shape index (κ3) is 4.83. The molecule has 166 valence electrons. The van der Waals surface area contributed by atoms with Gasteiger partial charge < -0.3 is 10.1 Å². The van der Waals surface area contributed by atoms with Gasteiger partial charge in [0.2, 0.25) is 18.0 Å². The van der Waals surface area contributed by atoms with Crippen molar-refractivity contribution in [2.75, 3.05) is 5.32 Å². The highest BCUT2D eigenvalue weighted by molar-refractivity contribution is 6.31. The van der Waals surface area contributed by atoms with E-state index in [4.69, 9.17) is 16.3 Å². The van der Waals surface area contributed by atoms with E-state index >= 15 is 0 Å². The molecule has 0 aliphatic carbocycles. The highest BCUT2D eigenvalue weighted by atomic mass is 35.5. The summed E-state index contributed by atoms with van der Waals surface area (Å²) >= 11 is 5.96. The summed E-state index contributed by atoms with van der Waals surface area (Å²) in [5.74, 6) is -0.544. The third-order valence-electron chi connectivity index (χ3n) is 4.81.